The molecule has 82 valence electrons. The molecule has 0 atom stereocenters. The molecule has 1 heterocycles. The molecule has 2 aromatic rings. The zero-order chi connectivity index (χ0) is 11.5. The van der Waals surface area contributed by atoms with Crippen LogP contribution in [0.1, 0.15) is 15.4 Å². The molecule has 0 bridgehead atoms. The zero-order valence-corrected chi connectivity index (χ0v) is 9.41. The van der Waals surface area contributed by atoms with Gasteiger partial charge in [-0.1, -0.05) is 17.4 Å². The van der Waals surface area contributed by atoms with Gasteiger partial charge in [0, 0.05) is 11.3 Å². The molecule has 0 radical (unpaired) electrons. The molecule has 0 saturated heterocycles. The third-order valence-corrected chi connectivity index (χ3v) is 2.65. The SMILES string of the molecule is Cc1nnc(NC(=O)c2cccc(N)c2)s1. The number of nitrogens with two attached hydrogens (primary N) is 1. The van der Waals surface area contributed by atoms with E-state index in [1.165, 1.54) is 11.3 Å². The van der Waals surface area contributed by atoms with Crippen LogP contribution in [0.25, 0.3) is 0 Å². The summed E-state index contributed by atoms with van der Waals surface area (Å²) in [7, 11) is 0. The molecule has 1 aromatic carbocycles. The third kappa shape index (κ3) is 2.34. The van der Waals surface area contributed by atoms with E-state index in [4.69, 9.17) is 5.73 Å². The van der Waals surface area contributed by atoms with Crippen LogP contribution in [0.15, 0.2) is 24.3 Å². The van der Waals surface area contributed by atoms with E-state index < -0.39 is 0 Å². The summed E-state index contributed by atoms with van der Waals surface area (Å²) in [5.74, 6) is -0.233. The van der Waals surface area contributed by atoms with Crippen LogP contribution in [-0.2, 0) is 0 Å². The lowest BCUT2D eigenvalue weighted by Gasteiger charge is -2.01. The van der Waals surface area contributed by atoms with E-state index in [0.717, 1.165) is 5.01 Å². The van der Waals surface area contributed by atoms with Gasteiger partial charge in [0.15, 0.2) is 0 Å². The molecule has 0 saturated carbocycles. The fourth-order valence-electron chi connectivity index (χ4n) is 1.20. The molecule has 0 aliphatic heterocycles. The van der Waals surface area contributed by atoms with E-state index in [-0.39, 0.29) is 5.91 Å². The number of rotatable bonds is 2. The van der Waals surface area contributed by atoms with Crippen LogP contribution < -0.4 is 11.1 Å². The molecule has 0 spiro atoms. The standard InChI is InChI=1S/C10H10N4OS/c1-6-13-14-10(16-6)12-9(15)7-3-2-4-8(11)5-7/h2-5H,11H2,1H3,(H,12,14,15). The Bertz CT molecular complexity index is 523. The fourth-order valence-corrected chi connectivity index (χ4v) is 1.78. The van der Waals surface area contributed by atoms with Gasteiger partial charge < -0.3 is 5.73 Å². The average Bonchev–Trinajstić information content (AvgIpc) is 2.64. The predicted octanol–water partition coefficient (Wildman–Crippen LogP) is 1.68. The van der Waals surface area contributed by atoms with Crippen molar-refractivity contribution in [2.45, 2.75) is 6.92 Å². The minimum Gasteiger partial charge on any atom is -0.399 e. The highest BCUT2D eigenvalue weighted by Gasteiger charge is 2.08. The number of nitrogen functional groups attached to an aromatic ring is 1. The van der Waals surface area contributed by atoms with Crippen molar-refractivity contribution < 1.29 is 4.79 Å². The molecular weight excluding hydrogens is 224 g/mol. The first-order valence-corrected chi connectivity index (χ1v) is 5.44. The first-order chi connectivity index (χ1) is 7.65. The van der Waals surface area contributed by atoms with E-state index in [0.29, 0.717) is 16.4 Å². The molecule has 0 aliphatic rings. The van der Waals surface area contributed by atoms with Crippen LogP contribution in [0, 0.1) is 6.92 Å². The van der Waals surface area contributed by atoms with Crippen molar-refractivity contribution >= 4 is 28.1 Å². The van der Waals surface area contributed by atoms with Gasteiger partial charge >= 0.3 is 0 Å². The number of benzene rings is 1. The Labute approximate surface area is 96.3 Å². The highest BCUT2D eigenvalue weighted by molar-refractivity contribution is 7.15. The monoisotopic (exact) mass is 234 g/mol. The molecule has 1 amide bonds. The maximum absolute atomic E-state index is 11.7. The largest absolute Gasteiger partial charge is 0.399 e. The van der Waals surface area contributed by atoms with Crippen LogP contribution in [0.3, 0.4) is 0 Å². The Morgan fingerprint density at radius 3 is 2.88 bits per heavy atom. The van der Waals surface area contributed by atoms with Crippen LogP contribution in [0.4, 0.5) is 10.8 Å². The molecule has 5 nitrogen and oxygen atoms in total. The zero-order valence-electron chi connectivity index (χ0n) is 8.60. The number of anilines is 2. The predicted molar refractivity (Wildman–Crippen MR) is 63.5 cm³/mol. The third-order valence-electron chi connectivity index (χ3n) is 1.90. The summed E-state index contributed by atoms with van der Waals surface area (Å²) >= 11 is 1.33. The van der Waals surface area contributed by atoms with Gasteiger partial charge in [-0.25, -0.2) is 0 Å². The quantitative estimate of drug-likeness (QED) is 0.775. The second-order valence-electron chi connectivity index (χ2n) is 3.21. The molecule has 16 heavy (non-hydrogen) atoms. The van der Waals surface area contributed by atoms with Gasteiger partial charge in [-0.3, -0.25) is 10.1 Å². The molecule has 0 fully saturated rings. The molecule has 3 N–H and O–H groups in total. The Hall–Kier alpha value is -1.95. The maximum Gasteiger partial charge on any atom is 0.257 e. The molecule has 0 unspecified atom stereocenters. The van der Waals surface area contributed by atoms with Crippen molar-refractivity contribution in [2.75, 3.05) is 11.1 Å². The Morgan fingerprint density at radius 2 is 2.25 bits per heavy atom. The lowest BCUT2D eigenvalue weighted by atomic mass is 10.2. The van der Waals surface area contributed by atoms with E-state index >= 15 is 0 Å². The number of hydrogen-bond donors (Lipinski definition) is 2. The normalized spacial score (nSPS) is 10.1. The summed E-state index contributed by atoms with van der Waals surface area (Å²) in [6.45, 7) is 1.83. The van der Waals surface area contributed by atoms with E-state index in [1.54, 1.807) is 24.3 Å². The summed E-state index contributed by atoms with van der Waals surface area (Å²) in [5.41, 5.74) is 6.65. The van der Waals surface area contributed by atoms with Gasteiger partial charge in [0.25, 0.3) is 5.91 Å². The number of nitrogens with one attached hydrogen (secondary N) is 1. The summed E-state index contributed by atoms with van der Waals surface area (Å²) in [5, 5.41) is 11.6. The van der Waals surface area contributed by atoms with E-state index in [9.17, 15) is 4.79 Å². The maximum atomic E-state index is 11.7. The van der Waals surface area contributed by atoms with Crippen molar-refractivity contribution in [3.63, 3.8) is 0 Å². The lowest BCUT2D eigenvalue weighted by Crippen LogP contribution is -2.11. The minimum absolute atomic E-state index is 0.233. The smallest absolute Gasteiger partial charge is 0.257 e. The molecule has 0 aliphatic carbocycles. The van der Waals surface area contributed by atoms with Crippen molar-refractivity contribution in [2.24, 2.45) is 0 Å². The minimum atomic E-state index is -0.233. The number of carbonyl (C=O) groups excluding carboxylic acids is 1. The summed E-state index contributed by atoms with van der Waals surface area (Å²) in [6.07, 6.45) is 0. The molecule has 6 heteroatoms. The van der Waals surface area contributed by atoms with Gasteiger partial charge in [0.2, 0.25) is 5.13 Å². The van der Waals surface area contributed by atoms with E-state index in [2.05, 4.69) is 15.5 Å². The number of aromatic nitrogens is 2. The van der Waals surface area contributed by atoms with Crippen LogP contribution in [-0.4, -0.2) is 16.1 Å². The van der Waals surface area contributed by atoms with E-state index in [1.807, 2.05) is 6.92 Å². The Morgan fingerprint density at radius 1 is 1.44 bits per heavy atom. The molecular formula is C10H10N4OS. The Balaban J connectivity index is 2.14. The summed E-state index contributed by atoms with van der Waals surface area (Å²) in [6, 6.07) is 6.77. The van der Waals surface area contributed by atoms with Crippen LogP contribution >= 0.6 is 11.3 Å². The average molecular weight is 234 g/mol. The van der Waals surface area contributed by atoms with Gasteiger partial charge in [0.1, 0.15) is 5.01 Å². The topological polar surface area (TPSA) is 80.9 Å². The number of aryl methyl sites for hydroxylation is 1. The van der Waals surface area contributed by atoms with Crippen LogP contribution in [0.2, 0.25) is 0 Å². The van der Waals surface area contributed by atoms with Gasteiger partial charge in [-0.15, -0.1) is 10.2 Å². The number of nitrogens with zero attached hydrogens (tertiary/aromatic N) is 2. The van der Waals surface area contributed by atoms with Gasteiger partial charge in [-0.05, 0) is 25.1 Å². The van der Waals surface area contributed by atoms with Gasteiger partial charge in [0.05, 0.1) is 0 Å². The number of hydrogen-bond acceptors (Lipinski definition) is 5. The fraction of sp³-hybridized carbons (Fsp3) is 0.100. The number of amides is 1. The second-order valence-corrected chi connectivity index (χ2v) is 4.39. The van der Waals surface area contributed by atoms with Crippen molar-refractivity contribution in [3.05, 3.63) is 34.8 Å². The van der Waals surface area contributed by atoms with Gasteiger partial charge in [-0.2, -0.15) is 0 Å². The number of carbonyl (C=O) groups is 1. The molecule has 1 aromatic heterocycles. The summed E-state index contributed by atoms with van der Waals surface area (Å²) in [4.78, 5) is 11.7. The van der Waals surface area contributed by atoms with Crippen molar-refractivity contribution in [1.29, 1.82) is 0 Å². The first kappa shape index (κ1) is 10.6. The summed E-state index contributed by atoms with van der Waals surface area (Å²) < 4.78 is 0. The molecule has 2 rings (SSSR count). The van der Waals surface area contributed by atoms with Crippen LogP contribution in [0.5, 0.6) is 0 Å². The second kappa shape index (κ2) is 4.28. The first-order valence-electron chi connectivity index (χ1n) is 4.62. The highest BCUT2D eigenvalue weighted by Crippen LogP contribution is 2.15. The van der Waals surface area contributed by atoms with Crippen molar-refractivity contribution in [1.82, 2.24) is 10.2 Å². The Kier molecular flexibility index (Phi) is 2.82. The highest BCUT2D eigenvalue weighted by atomic mass is 32.1. The lowest BCUT2D eigenvalue weighted by molar-refractivity contribution is 0.102. The van der Waals surface area contributed by atoms with Crippen molar-refractivity contribution in [3.8, 4) is 0 Å².